The molecule has 1 fully saturated rings. The van der Waals surface area contributed by atoms with Gasteiger partial charge in [-0.15, -0.1) is 0 Å². The highest BCUT2D eigenvalue weighted by Crippen LogP contribution is 2.36. The molecular weight excluding hydrogens is 652 g/mol. The number of Topliss-reactive ketones (excluding diaryl/α,β-unsaturated/α-hetero) is 1. The Morgan fingerprint density at radius 1 is 0.840 bits per heavy atom. The van der Waals surface area contributed by atoms with Crippen molar-refractivity contribution < 1.29 is 14.4 Å². The summed E-state index contributed by atoms with van der Waals surface area (Å²) in [6, 6.07) is 11.9. The van der Waals surface area contributed by atoms with E-state index in [1.807, 2.05) is 71.5 Å². The Morgan fingerprint density at radius 3 is 2.22 bits per heavy atom. The monoisotopic (exact) mass is 696 g/mol. The van der Waals surface area contributed by atoms with Gasteiger partial charge in [-0.3, -0.25) is 19.3 Å². The van der Waals surface area contributed by atoms with Crippen molar-refractivity contribution in [3.8, 4) is 11.1 Å². The molecule has 0 atom stereocenters. The molecule has 1 saturated heterocycles. The lowest BCUT2D eigenvalue weighted by atomic mass is 9.96. The quantitative estimate of drug-likeness (QED) is 0.276. The number of halogens is 1. The maximum absolute atomic E-state index is 13.7. The van der Waals surface area contributed by atoms with Crippen molar-refractivity contribution in [3.63, 3.8) is 0 Å². The van der Waals surface area contributed by atoms with Gasteiger partial charge in [-0.2, -0.15) is 0 Å². The molecular formula is C38H45ClN8O3. The van der Waals surface area contributed by atoms with Gasteiger partial charge in [0.15, 0.2) is 11.6 Å². The standard InChI is InChI=1S/C38H45ClN8O3/c1-23-27(28-10-6-8-25(35(28)39)20-34(49)36-40-30-21-43(3)16-14-32(30)44(36)4)9-7-11-29(23)42-38(50)37-41-31-22-47(19-15-33(31)45(37)5)26-12-17-46(18-13-26)24(2)48/h6-11,26H,12-22H2,1-5H3,(H,42,50). The minimum Gasteiger partial charge on any atom is -0.343 e. The number of carbonyl (C=O) groups is 3. The molecule has 5 heterocycles. The van der Waals surface area contributed by atoms with E-state index in [2.05, 4.69) is 22.2 Å². The highest BCUT2D eigenvalue weighted by Gasteiger charge is 2.32. The molecule has 0 unspecified atom stereocenters. The number of piperidine rings is 1. The lowest BCUT2D eigenvalue weighted by Gasteiger charge is -2.39. The summed E-state index contributed by atoms with van der Waals surface area (Å²) in [5, 5.41) is 3.63. The molecule has 0 bridgehead atoms. The van der Waals surface area contributed by atoms with Crippen molar-refractivity contribution in [1.82, 2.24) is 33.8 Å². The lowest BCUT2D eigenvalue weighted by Crippen LogP contribution is -2.47. The fraction of sp³-hybridized carbons (Fsp3) is 0.447. The van der Waals surface area contributed by atoms with E-state index >= 15 is 0 Å². The molecule has 12 heteroatoms. The van der Waals surface area contributed by atoms with Crippen LogP contribution in [-0.2, 0) is 51.2 Å². The van der Waals surface area contributed by atoms with Gasteiger partial charge in [0.25, 0.3) is 5.91 Å². The number of ketones is 1. The first-order valence-corrected chi connectivity index (χ1v) is 17.9. The third-order valence-electron chi connectivity index (χ3n) is 10.9. The number of anilines is 1. The largest absolute Gasteiger partial charge is 0.343 e. The number of nitrogens with zero attached hydrogens (tertiary/aromatic N) is 7. The molecule has 2 aromatic carbocycles. The van der Waals surface area contributed by atoms with E-state index in [1.54, 1.807) is 6.92 Å². The minimum absolute atomic E-state index is 0.0689. The Balaban J connectivity index is 1.06. The topological polar surface area (TPSA) is 109 Å². The minimum atomic E-state index is -0.266. The highest BCUT2D eigenvalue weighted by atomic mass is 35.5. The zero-order chi connectivity index (χ0) is 35.3. The van der Waals surface area contributed by atoms with Crippen LogP contribution < -0.4 is 5.32 Å². The Labute approximate surface area is 298 Å². The molecule has 50 heavy (non-hydrogen) atoms. The summed E-state index contributed by atoms with van der Waals surface area (Å²) in [5.41, 5.74) is 8.08. The molecule has 0 radical (unpaired) electrons. The molecule has 3 aliphatic rings. The Kier molecular flexibility index (Phi) is 9.40. The summed E-state index contributed by atoms with van der Waals surface area (Å²) in [5.74, 6) is 0.653. The van der Waals surface area contributed by atoms with Crippen LogP contribution in [0.4, 0.5) is 5.69 Å². The smallest absolute Gasteiger partial charge is 0.291 e. The molecule has 2 amide bonds. The van der Waals surface area contributed by atoms with Crippen LogP contribution in [0.15, 0.2) is 36.4 Å². The number of hydrogen-bond acceptors (Lipinski definition) is 7. The van der Waals surface area contributed by atoms with E-state index < -0.39 is 0 Å². The van der Waals surface area contributed by atoms with Crippen LogP contribution in [-0.4, -0.2) is 90.7 Å². The first-order valence-electron chi connectivity index (χ1n) is 17.5. The van der Waals surface area contributed by atoms with Gasteiger partial charge in [-0.05, 0) is 49.6 Å². The van der Waals surface area contributed by atoms with E-state index in [0.717, 1.165) is 103 Å². The van der Waals surface area contributed by atoms with Gasteiger partial charge >= 0.3 is 0 Å². The molecule has 262 valence electrons. The zero-order valence-electron chi connectivity index (χ0n) is 29.6. The summed E-state index contributed by atoms with van der Waals surface area (Å²) in [7, 11) is 5.90. The highest BCUT2D eigenvalue weighted by molar-refractivity contribution is 6.34. The van der Waals surface area contributed by atoms with Crippen LogP contribution in [0.5, 0.6) is 0 Å². The summed E-state index contributed by atoms with van der Waals surface area (Å²) in [4.78, 5) is 55.2. The van der Waals surface area contributed by atoms with Crippen LogP contribution in [0.3, 0.4) is 0 Å². The van der Waals surface area contributed by atoms with Crippen molar-refractivity contribution in [2.75, 3.05) is 38.5 Å². The predicted molar refractivity (Wildman–Crippen MR) is 193 cm³/mol. The van der Waals surface area contributed by atoms with Crippen LogP contribution in [0.2, 0.25) is 5.02 Å². The van der Waals surface area contributed by atoms with E-state index in [1.165, 1.54) is 0 Å². The lowest BCUT2D eigenvalue weighted by molar-refractivity contribution is -0.130. The van der Waals surface area contributed by atoms with E-state index in [9.17, 15) is 14.4 Å². The number of aromatic nitrogens is 4. The fourth-order valence-electron chi connectivity index (χ4n) is 7.93. The second kappa shape index (κ2) is 13.8. The fourth-order valence-corrected chi connectivity index (χ4v) is 8.23. The van der Waals surface area contributed by atoms with Crippen LogP contribution in [0.25, 0.3) is 11.1 Å². The SMILES string of the molecule is CC(=O)N1CCC(N2CCc3c(nc(C(=O)Nc4cccc(-c5cccc(CC(=O)c6nc7c(n6C)CCN(C)C7)c5Cl)c4C)n3C)C2)CC1. The van der Waals surface area contributed by atoms with Gasteiger partial charge < -0.3 is 24.3 Å². The van der Waals surface area contributed by atoms with E-state index in [-0.39, 0.29) is 24.0 Å². The number of nitrogens with one attached hydrogen (secondary N) is 1. The number of amides is 2. The second-order valence-corrected chi connectivity index (χ2v) is 14.4. The number of likely N-dealkylation sites (N-methyl/N-ethyl adjacent to an activating group) is 1. The maximum Gasteiger partial charge on any atom is 0.291 e. The van der Waals surface area contributed by atoms with Gasteiger partial charge in [0, 0.05) is 108 Å². The number of likely N-dealkylation sites (tertiary alicyclic amines) is 1. The van der Waals surface area contributed by atoms with E-state index in [0.29, 0.717) is 34.9 Å². The summed E-state index contributed by atoms with van der Waals surface area (Å²) in [6.45, 7) is 8.47. The van der Waals surface area contributed by atoms with Gasteiger partial charge in [0.2, 0.25) is 11.7 Å². The molecule has 11 nitrogen and oxygen atoms in total. The van der Waals surface area contributed by atoms with Crippen molar-refractivity contribution in [2.45, 2.75) is 65.1 Å². The Bertz CT molecular complexity index is 1990. The van der Waals surface area contributed by atoms with Gasteiger partial charge in [-0.1, -0.05) is 41.9 Å². The first kappa shape index (κ1) is 34.1. The number of carbonyl (C=O) groups excluding carboxylic acids is 3. The van der Waals surface area contributed by atoms with Crippen molar-refractivity contribution >= 4 is 34.9 Å². The van der Waals surface area contributed by atoms with Gasteiger partial charge in [-0.25, -0.2) is 9.97 Å². The molecule has 3 aliphatic heterocycles. The van der Waals surface area contributed by atoms with Gasteiger partial charge in [0.1, 0.15) is 0 Å². The Hall–Kier alpha value is -4.32. The van der Waals surface area contributed by atoms with Crippen molar-refractivity contribution in [1.29, 1.82) is 0 Å². The third kappa shape index (κ3) is 6.38. The Morgan fingerprint density at radius 2 is 1.48 bits per heavy atom. The molecule has 0 saturated carbocycles. The average Bonchev–Trinajstić information content (AvgIpc) is 3.62. The average molecular weight is 697 g/mol. The number of rotatable bonds is 7. The normalized spacial score (nSPS) is 17.0. The van der Waals surface area contributed by atoms with Crippen molar-refractivity contribution in [2.24, 2.45) is 14.1 Å². The number of hydrogen-bond donors (Lipinski definition) is 1. The third-order valence-corrected chi connectivity index (χ3v) is 11.4. The molecule has 4 aromatic rings. The van der Waals surface area contributed by atoms with Crippen LogP contribution >= 0.6 is 11.6 Å². The van der Waals surface area contributed by atoms with Gasteiger partial charge in [0.05, 0.1) is 16.4 Å². The van der Waals surface area contributed by atoms with Crippen LogP contribution in [0, 0.1) is 6.92 Å². The predicted octanol–water partition coefficient (Wildman–Crippen LogP) is 4.82. The zero-order valence-corrected chi connectivity index (χ0v) is 30.3. The molecule has 2 aromatic heterocycles. The molecule has 1 N–H and O–H groups in total. The second-order valence-electron chi connectivity index (χ2n) is 14.0. The summed E-state index contributed by atoms with van der Waals surface area (Å²) in [6.07, 6.45) is 3.75. The number of imidazole rings is 2. The van der Waals surface area contributed by atoms with Crippen molar-refractivity contribution in [3.05, 3.63) is 87.0 Å². The first-order chi connectivity index (χ1) is 24.0. The molecule has 0 aliphatic carbocycles. The summed E-state index contributed by atoms with van der Waals surface area (Å²) >= 11 is 7.02. The number of fused-ring (bicyclic) bond motifs is 2. The molecule has 0 spiro atoms. The summed E-state index contributed by atoms with van der Waals surface area (Å²) < 4.78 is 3.86. The molecule has 7 rings (SSSR count). The van der Waals surface area contributed by atoms with Crippen LogP contribution in [0.1, 0.15) is 74.9 Å². The maximum atomic E-state index is 13.7. The van der Waals surface area contributed by atoms with E-state index in [4.69, 9.17) is 21.6 Å². The number of benzene rings is 2.